The molecular weight excluding hydrogens is 835 g/mol. The van der Waals surface area contributed by atoms with Crippen LogP contribution in [0.5, 0.6) is 0 Å². The summed E-state index contributed by atoms with van der Waals surface area (Å²) in [7, 11) is -8.97. The normalized spacial score (nSPS) is 14.7. The minimum atomic E-state index is -4.65. The SMILES string of the molecule is O=S(=O)(O)c1ccc(Nc2cc(Nc3ccc(C=Cc4ccc(Nc5nc(Nc6ccccc6)nc(N6CCOCC6)n5)cc4S(=O)(=O)O)cc3)cc(N3CCOCC3)c2)cc1. The van der Waals surface area contributed by atoms with Crippen LogP contribution in [-0.2, 0) is 29.7 Å². The van der Waals surface area contributed by atoms with Crippen LogP contribution >= 0.6 is 0 Å². The number of benzene rings is 5. The summed E-state index contributed by atoms with van der Waals surface area (Å²) in [5.41, 5.74) is 6.08. The van der Waals surface area contributed by atoms with E-state index in [1.807, 2.05) is 77.7 Å². The Morgan fingerprint density at radius 1 is 0.516 bits per heavy atom. The van der Waals surface area contributed by atoms with E-state index in [9.17, 15) is 25.9 Å². The van der Waals surface area contributed by atoms with Gasteiger partial charge in [-0.1, -0.05) is 48.6 Å². The fraction of sp³-hybridized carbons (Fsp3) is 0.186. The number of nitrogens with one attached hydrogen (secondary N) is 4. The predicted molar refractivity (Wildman–Crippen MR) is 240 cm³/mol. The molecule has 2 fully saturated rings. The Hall–Kier alpha value is -6.61. The molecule has 0 radical (unpaired) electrons. The molecule has 3 heterocycles. The topological polar surface area (TPSA) is 220 Å². The summed E-state index contributed by atoms with van der Waals surface area (Å²) in [6.45, 7) is 4.87. The van der Waals surface area contributed by atoms with E-state index < -0.39 is 20.2 Å². The second-order valence-electron chi connectivity index (χ2n) is 14.3. The number of ether oxygens (including phenoxy) is 2. The average molecular weight is 878 g/mol. The van der Waals surface area contributed by atoms with Crippen molar-refractivity contribution >= 4 is 90.0 Å². The highest BCUT2D eigenvalue weighted by Gasteiger charge is 2.20. The van der Waals surface area contributed by atoms with Crippen LogP contribution < -0.4 is 31.1 Å². The standard InChI is InChI=1S/C43H43N9O8S2/c53-61(54,55)39-16-14-34(15-17-39)45-37-26-36(27-38(28-37)51-18-22-59-23-19-51)44-33-11-7-30(8-12-33)6-9-31-10-13-35(29-40(31)62(56,57)58)47-42-48-41(46-32-4-2-1-3-5-32)49-43(50-42)52-20-24-60-25-21-52/h1-17,26-29,44-45H,18-25H2,(H,53,54,55)(H,56,57,58)(H2,46,47,48,49,50). The van der Waals surface area contributed by atoms with Crippen molar-refractivity contribution in [2.24, 2.45) is 0 Å². The van der Waals surface area contributed by atoms with Gasteiger partial charge in [0, 0.05) is 66.0 Å². The maximum Gasteiger partial charge on any atom is 0.295 e. The summed E-state index contributed by atoms with van der Waals surface area (Å²) >= 11 is 0. The Bertz CT molecular complexity index is 2770. The molecule has 0 aliphatic carbocycles. The van der Waals surface area contributed by atoms with Gasteiger partial charge in [0.25, 0.3) is 20.2 Å². The van der Waals surface area contributed by atoms with E-state index in [-0.39, 0.29) is 21.3 Å². The predicted octanol–water partition coefficient (Wildman–Crippen LogP) is 7.18. The van der Waals surface area contributed by atoms with Crippen molar-refractivity contribution in [2.75, 3.05) is 83.7 Å². The van der Waals surface area contributed by atoms with Crippen molar-refractivity contribution in [3.05, 3.63) is 126 Å². The van der Waals surface area contributed by atoms with Gasteiger partial charge in [-0.3, -0.25) is 9.11 Å². The Balaban J connectivity index is 0.992. The summed E-state index contributed by atoms with van der Waals surface area (Å²) in [6.07, 6.45) is 3.36. The fourth-order valence-corrected chi connectivity index (χ4v) is 7.99. The molecule has 6 aromatic rings. The Labute approximate surface area is 359 Å². The lowest BCUT2D eigenvalue weighted by molar-refractivity contribution is 0.122. The van der Waals surface area contributed by atoms with E-state index in [0.717, 1.165) is 34.0 Å². The van der Waals surface area contributed by atoms with Gasteiger partial charge < -0.3 is 40.5 Å². The molecule has 0 unspecified atom stereocenters. The lowest BCUT2D eigenvalue weighted by Gasteiger charge is -2.29. The van der Waals surface area contributed by atoms with Gasteiger partial charge in [0.1, 0.15) is 4.90 Å². The fourth-order valence-electron chi connectivity index (χ4n) is 6.80. The maximum absolute atomic E-state index is 12.7. The minimum absolute atomic E-state index is 0.173. The third kappa shape index (κ3) is 11.0. The summed E-state index contributed by atoms with van der Waals surface area (Å²) in [5, 5.41) is 13.1. The van der Waals surface area contributed by atoms with Gasteiger partial charge >= 0.3 is 0 Å². The molecule has 2 aliphatic rings. The van der Waals surface area contributed by atoms with Gasteiger partial charge in [0.15, 0.2) is 0 Å². The van der Waals surface area contributed by atoms with Gasteiger partial charge in [-0.25, -0.2) is 0 Å². The second kappa shape index (κ2) is 18.6. The molecule has 0 amide bonds. The molecule has 62 heavy (non-hydrogen) atoms. The number of morpholine rings is 2. The van der Waals surface area contributed by atoms with Gasteiger partial charge in [-0.05, 0) is 90.0 Å². The molecule has 0 saturated carbocycles. The molecule has 5 aromatic carbocycles. The van der Waals surface area contributed by atoms with Gasteiger partial charge in [0.05, 0.1) is 31.3 Å². The first-order valence-corrected chi connectivity index (χ1v) is 22.5. The first-order valence-electron chi connectivity index (χ1n) is 19.6. The van der Waals surface area contributed by atoms with Crippen LogP contribution in [0.1, 0.15) is 11.1 Å². The monoisotopic (exact) mass is 877 g/mol. The highest BCUT2D eigenvalue weighted by atomic mass is 32.2. The first kappa shape index (κ1) is 42.1. The summed E-state index contributed by atoms with van der Waals surface area (Å²) in [4.78, 5) is 17.4. The van der Waals surface area contributed by atoms with E-state index in [4.69, 9.17) is 9.47 Å². The average Bonchev–Trinajstić information content (AvgIpc) is 3.27. The van der Waals surface area contributed by atoms with Crippen molar-refractivity contribution in [3.8, 4) is 0 Å². The third-order valence-corrected chi connectivity index (χ3v) is 11.7. The molecule has 0 bridgehead atoms. The van der Waals surface area contributed by atoms with Crippen LogP contribution in [0.15, 0.2) is 125 Å². The van der Waals surface area contributed by atoms with E-state index in [2.05, 4.69) is 41.1 Å². The zero-order chi connectivity index (χ0) is 43.1. The van der Waals surface area contributed by atoms with E-state index in [1.54, 1.807) is 36.4 Å². The number of rotatable bonds is 14. The van der Waals surface area contributed by atoms with Crippen LogP contribution in [0.2, 0.25) is 0 Å². The molecule has 0 spiro atoms. The Kier molecular flexibility index (Phi) is 12.6. The quantitative estimate of drug-likeness (QED) is 0.0471. The van der Waals surface area contributed by atoms with Crippen LogP contribution in [0.3, 0.4) is 0 Å². The first-order chi connectivity index (χ1) is 29.9. The van der Waals surface area contributed by atoms with Crippen molar-refractivity contribution in [3.63, 3.8) is 0 Å². The zero-order valence-corrected chi connectivity index (χ0v) is 34.8. The van der Waals surface area contributed by atoms with Crippen molar-refractivity contribution in [1.82, 2.24) is 15.0 Å². The molecule has 19 heteroatoms. The number of nitrogens with zero attached hydrogens (tertiary/aromatic N) is 5. The van der Waals surface area contributed by atoms with Gasteiger partial charge in [-0.15, -0.1) is 0 Å². The lowest BCUT2D eigenvalue weighted by atomic mass is 10.1. The van der Waals surface area contributed by atoms with Crippen molar-refractivity contribution in [2.45, 2.75) is 9.79 Å². The van der Waals surface area contributed by atoms with Crippen molar-refractivity contribution < 1.29 is 35.4 Å². The van der Waals surface area contributed by atoms with Gasteiger partial charge in [0.2, 0.25) is 17.8 Å². The van der Waals surface area contributed by atoms with Crippen molar-refractivity contribution in [1.29, 1.82) is 0 Å². The lowest BCUT2D eigenvalue weighted by Crippen LogP contribution is -2.37. The van der Waals surface area contributed by atoms with Crippen LogP contribution in [0.4, 0.5) is 57.7 Å². The highest BCUT2D eigenvalue weighted by Crippen LogP contribution is 2.32. The number of hydrogen-bond acceptors (Lipinski definition) is 15. The molecule has 1 aromatic heterocycles. The molecular formula is C43H43N9O8S2. The summed E-state index contributed by atoms with van der Waals surface area (Å²) in [5.74, 6) is 0.887. The number of para-hydroxylation sites is 1. The Morgan fingerprint density at radius 3 is 1.63 bits per heavy atom. The largest absolute Gasteiger partial charge is 0.378 e. The molecule has 320 valence electrons. The summed E-state index contributed by atoms with van der Waals surface area (Å²) < 4.78 is 79.1. The van der Waals surface area contributed by atoms with E-state index >= 15 is 0 Å². The zero-order valence-electron chi connectivity index (χ0n) is 33.2. The van der Waals surface area contributed by atoms with E-state index in [0.29, 0.717) is 75.9 Å². The maximum atomic E-state index is 12.7. The molecule has 2 aliphatic heterocycles. The van der Waals surface area contributed by atoms with Crippen LogP contribution in [0, 0.1) is 0 Å². The molecule has 17 nitrogen and oxygen atoms in total. The van der Waals surface area contributed by atoms with Crippen LogP contribution in [-0.4, -0.2) is 93.5 Å². The second-order valence-corrected chi connectivity index (χ2v) is 17.1. The van der Waals surface area contributed by atoms with Crippen LogP contribution in [0.25, 0.3) is 12.2 Å². The van der Waals surface area contributed by atoms with Gasteiger partial charge in [-0.2, -0.15) is 31.8 Å². The smallest absolute Gasteiger partial charge is 0.295 e. The number of hydrogen-bond donors (Lipinski definition) is 6. The highest BCUT2D eigenvalue weighted by molar-refractivity contribution is 7.86. The number of anilines is 10. The number of aromatic nitrogens is 3. The molecule has 2 saturated heterocycles. The Morgan fingerprint density at radius 2 is 1.05 bits per heavy atom. The molecule has 0 atom stereocenters. The van der Waals surface area contributed by atoms with E-state index in [1.165, 1.54) is 18.2 Å². The summed E-state index contributed by atoms with van der Waals surface area (Å²) in [6, 6.07) is 33.3. The third-order valence-electron chi connectivity index (χ3n) is 9.88. The molecule has 8 rings (SSSR count). The molecule has 6 N–H and O–H groups in total. The minimum Gasteiger partial charge on any atom is -0.378 e.